The number of unbranched alkanes of at least 4 members (excludes halogenated alkanes) is 1. The molecule has 5 rings (SSSR count). The minimum atomic E-state index is -0.773. The second-order valence-electron chi connectivity index (χ2n) is 8.19. The van der Waals surface area contributed by atoms with E-state index < -0.39 is 11.9 Å². The van der Waals surface area contributed by atoms with Gasteiger partial charge < -0.3 is 13.9 Å². The van der Waals surface area contributed by atoms with Gasteiger partial charge in [0.15, 0.2) is 16.9 Å². The highest BCUT2D eigenvalue weighted by Crippen LogP contribution is 2.42. The number of carbonyl (C=O) groups excluding carboxylic acids is 1. The number of methoxy groups -OCH3 is 1. The summed E-state index contributed by atoms with van der Waals surface area (Å²) in [6, 6.07) is 14.7. The number of nitrogens with zero attached hydrogens (tertiary/aromatic N) is 2. The molecule has 0 aliphatic carbocycles. The average molecular weight is 491 g/mol. The minimum absolute atomic E-state index is 0.0114. The Bertz CT molecular complexity index is 1470. The number of rotatable bonds is 7. The summed E-state index contributed by atoms with van der Waals surface area (Å²) in [5.74, 6) is 1.05. The summed E-state index contributed by atoms with van der Waals surface area (Å²) in [7, 11) is 1.56. The molecular formula is C27H23ClN2O5. The number of fused-ring (bicyclic) bond motifs is 2. The molecule has 1 aliphatic heterocycles. The van der Waals surface area contributed by atoms with Crippen LogP contribution in [0.2, 0.25) is 5.02 Å². The Morgan fingerprint density at radius 3 is 2.69 bits per heavy atom. The van der Waals surface area contributed by atoms with Gasteiger partial charge in [-0.25, -0.2) is 4.98 Å². The zero-order chi connectivity index (χ0) is 24.5. The number of hydrogen-bond donors (Lipinski definition) is 0. The molecule has 0 fully saturated rings. The molecule has 0 saturated heterocycles. The molecule has 4 aromatic rings. The van der Waals surface area contributed by atoms with Crippen molar-refractivity contribution in [1.29, 1.82) is 0 Å². The van der Waals surface area contributed by atoms with Gasteiger partial charge in [0.05, 0.1) is 30.7 Å². The lowest BCUT2D eigenvalue weighted by molar-refractivity contribution is 0.0970. The van der Waals surface area contributed by atoms with Crippen LogP contribution in [0.4, 0.5) is 5.82 Å². The van der Waals surface area contributed by atoms with Gasteiger partial charge in [0, 0.05) is 11.2 Å². The van der Waals surface area contributed by atoms with Crippen molar-refractivity contribution in [1.82, 2.24) is 4.98 Å². The van der Waals surface area contributed by atoms with Crippen molar-refractivity contribution < 1.29 is 18.7 Å². The number of hydrogen-bond acceptors (Lipinski definition) is 6. The third kappa shape index (κ3) is 4.02. The van der Waals surface area contributed by atoms with Gasteiger partial charge in [-0.15, -0.1) is 0 Å². The Morgan fingerprint density at radius 1 is 1.09 bits per heavy atom. The fraction of sp³-hybridized carbons (Fsp3) is 0.222. The normalized spacial score (nSPS) is 14.9. The third-order valence-corrected chi connectivity index (χ3v) is 6.22. The van der Waals surface area contributed by atoms with Gasteiger partial charge in [-0.2, -0.15) is 0 Å². The van der Waals surface area contributed by atoms with Crippen LogP contribution >= 0.6 is 11.6 Å². The van der Waals surface area contributed by atoms with Gasteiger partial charge in [-0.1, -0.05) is 37.1 Å². The Kier molecular flexibility index (Phi) is 6.17. The second-order valence-corrected chi connectivity index (χ2v) is 8.63. The smallest absolute Gasteiger partial charge is 0.296 e. The van der Waals surface area contributed by atoms with Crippen LogP contribution in [0.1, 0.15) is 47.5 Å². The summed E-state index contributed by atoms with van der Waals surface area (Å²) in [4.78, 5) is 33.2. The van der Waals surface area contributed by atoms with Gasteiger partial charge >= 0.3 is 0 Å². The SMILES string of the molecule is CCCCOc1ccc(C2c3c(oc4ccc(Cl)cc4c3=O)C(=O)N2c2ccccn2)cc1OC. The maximum atomic E-state index is 13.7. The lowest BCUT2D eigenvalue weighted by Gasteiger charge is -2.25. The van der Waals surface area contributed by atoms with Gasteiger partial charge in [-0.05, 0) is 54.4 Å². The Morgan fingerprint density at radius 2 is 1.94 bits per heavy atom. The van der Waals surface area contributed by atoms with Crippen molar-refractivity contribution in [3.8, 4) is 11.5 Å². The average Bonchev–Trinajstić information content (AvgIpc) is 3.17. The molecule has 8 heteroatoms. The first kappa shape index (κ1) is 22.9. The Labute approximate surface area is 206 Å². The summed E-state index contributed by atoms with van der Waals surface area (Å²) in [6.07, 6.45) is 3.52. The van der Waals surface area contributed by atoms with Crippen molar-refractivity contribution in [2.24, 2.45) is 0 Å². The van der Waals surface area contributed by atoms with Crippen LogP contribution in [0.5, 0.6) is 11.5 Å². The number of ether oxygens (including phenoxy) is 2. The number of anilines is 1. The van der Waals surface area contributed by atoms with Gasteiger partial charge in [0.2, 0.25) is 5.76 Å². The largest absolute Gasteiger partial charge is 0.493 e. The van der Waals surface area contributed by atoms with Gasteiger partial charge in [-0.3, -0.25) is 14.5 Å². The molecule has 1 unspecified atom stereocenters. The van der Waals surface area contributed by atoms with Gasteiger partial charge in [0.1, 0.15) is 11.4 Å². The van der Waals surface area contributed by atoms with Crippen LogP contribution in [0.3, 0.4) is 0 Å². The predicted molar refractivity (Wildman–Crippen MR) is 134 cm³/mol. The third-order valence-electron chi connectivity index (χ3n) is 5.99. The lowest BCUT2D eigenvalue weighted by atomic mass is 9.98. The summed E-state index contributed by atoms with van der Waals surface area (Å²) in [6.45, 7) is 2.65. The van der Waals surface area contributed by atoms with E-state index >= 15 is 0 Å². The molecule has 0 N–H and O–H groups in total. The summed E-state index contributed by atoms with van der Waals surface area (Å²) in [5.41, 5.74) is 0.876. The highest BCUT2D eigenvalue weighted by atomic mass is 35.5. The van der Waals surface area contributed by atoms with E-state index in [0.29, 0.717) is 45.5 Å². The highest BCUT2D eigenvalue weighted by molar-refractivity contribution is 6.31. The van der Waals surface area contributed by atoms with E-state index in [9.17, 15) is 9.59 Å². The number of halogens is 1. The van der Waals surface area contributed by atoms with Crippen molar-refractivity contribution in [3.05, 3.63) is 92.9 Å². The molecule has 2 aromatic heterocycles. The molecule has 0 saturated carbocycles. The molecule has 2 aromatic carbocycles. The van der Waals surface area contributed by atoms with E-state index in [0.717, 1.165) is 12.8 Å². The fourth-order valence-corrected chi connectivity index (χ4v) is 4.47. The van der Waals surface area contributed by atoms with Gasteiger partial charge in [0.25, 0.3) is 5.91 Å². The first-order valence-electron chi connectivity index (χ1n) is 11.3. The molecule has 0 bridgehead atoms. The molecule has 7 nitrogen and oxygen atoms in total. The standard InChI is InChI=1S/C27H23ClN2O5/c1-3-4-13-34-20-10-8-16(14-21(20)33-2)24-23-25(31)18-15-17(28)9-11-19(18)35-26(23)27(32)30(24)22-7-5-6-12-29-22/h5-12,14-15,24H,3-4,13H2,1-2H3. The number of benzene rings is 2. The van der Waals surface area contributed by atoms with E-state index in [-0.39, 0.29) is 16.8 Å². The second kappa shape index (κ2) is 9.43. The van der Waals surface area contributed by atoms with E-state index in [1.165, 1.54) is 4.90 Å². The monoisotopic (exact) mass is 490 g/mol. The van der Waals surface area contributed by atoms with E-state index in [2.05, 4.69) is 11.9 Å². The lowest BCUT2D eigenvalue weighted by Crippen LogP contribution is -2.30. The van der Waals surface area contributed by atoms with Crippen molar-refractivity contribution in [3.63, 3.8) is 0 Å². The fourth-order valence-electron chi connectivity index (χ4n) is 4.29. The highest BCUT2D eigenvalue weighted by Gasteiger charge is 2.44. The first-order chi connectivity index (χ1) is 17.0. The summed E-state index contributed by atoms with van der Waals surface area (Å²) in [5, 5.41) is 0.714. The van der Waals surface area contributed by atoms with E-state index in [1.54, 1.807) is 61.8 Å². The van der Waals surface area contributed by atoms with Crippen LogP contribution < -0.4 is 19.8 Å². The maximum Gasteiger partial charge on any atom is 0.296 e. The molecule has 1 amide bonds. The summed E-state index contributed by atoms with van der Waals surface area (Å²) >= 11 is 6.16. The number of aromatic nitrogens is 1. The van der Waals surface area contributed by atoms with Crippen LogP contribution in [0, 0.1) is 0 Å². The number of carbonyl (C=O) groups is 1. The number of pyridine rings is 1. The Balaban J connectivity index is 1.71. The zero-order valence-electron chi connectivity index (χ0n) is 19.3. The van der Waals surface area contributed by atoms with E-state index in [4.69, 9.17) is 25.5 Å². The quantitative estimate of drug-likeness (QED) is 0.305. The minimum Gasteiger partial charge on any atom is -0.493 e. The molecular weight excluding hydrogens is 468 g/mol. The van der Waals surface area contributed by atoms with Crippen molar-refractivity contribution >= 4 is 34.3 Å². The van der Waals surface area contributed by atoms with Crippen LogP contribution in [0.25, 0.3) is 11.0 Å². The topological polar surface area (TPSA) is 81.9 Å². The molecule has 178 valence electrons. The molecule has 1 atom stereocenters. The first-order valence-corrected chi connectivity index (χ1v) is 11.7. The number of amides is 1. The zero-order valence-corrected chi connectivity index (χ0v) is 20.0. The molecule has 35 heavy (non-hydrogen) atoms. The predicted octanol–water partition coefficient (Wildman–Crippen LogP) is 5.78. The van der Waals surface area contributed by atoms with Crippen LogP contribution in [0.15, 0.2) is 70.0 Å². The van der Waals surface area contributed by atoms with Crippen molar-refractivity contribution in [2.45, 2.75) is 25.8 Å². The van der Waals surface area contributed by atoms with Crippen LogP contribution in [-0.2, 0) is 0 Å². The molecule has 0 spiro atoms. The summed E-state index contributed by atoms with van der Waals surface area (Å²) < 4.78 is 17.4. The molecule has 3 heterocycles. The molecule has 1 aliphatic rings. The van der Waals surface area contributed by atoms with Crippen LogP contribution in [-0.4, -0.2) is 24.6 Å². The van der Waals surface area contributed by atoms with Crippen molar-refractivity contribution in [2.75, 3.05) is 18.6 Å². The Hall–Kier alpha value is -3.84. The maximum absolute atomic E-state index is 13.7. The van der Waals surface area contributed by atoms with E-state index in [1.807, 2.05) is 6.07 Å². The molecule has 0 radical (unpaired) electrons.